The van der Waals surface area contributed by atoms with Gasteiger partial charge in [0, 0.05) is 13.0 Å². The third-order valence-corrected chi connectivity index (χ3v) is 4.44. The predicted molar refractivity (Wildman–Crippen MR) is 94.5 cm³/mol. The third kappa shape index (κ3) is 3.23. The minimum absolute atomic E-state index is 0.173. The minimum atomic E-state index is -0.857. The lowest BCUT2D eigenvalue weighted by molar-refractivity contribution is -0.0459. The molecule has 144 valence electrons. The Bertz CT molecular complexity index is 901. The van der Waals surface area contributed by atoms with Crippen molar-refractivity contribution in [1.29, 1.82) is 0 Å². The second kappa shape index (κ2) is 7.16. The zero-order valence-corrected chi connectivity index (χ0v) is 14.4. The average Bonchev–Trinajstić information content (AvgIpc) is 3.04. The van der Waals surface area contributed by atoms with Crippen LogP contribution in [0, 0.1) is 0 Å². The summed E-state index contributed by atoms with van der Waals surface area (Å²) in [6.07, 6.45) is -0.672. The molecule has 1 saturated heterocycles. The Morgan fingerprint density at radius 1 is 1.41 bits per heavy atom. The molecule has 0 aliphatic carbocycles. The van der Waals surface area contributed by atoms with Crippen molar-refractivity contribution < 1.29 is 24.4 Å². The Morgan fingerprint density at radius 2 is 2.26 bits per heavy atom. The van der Waals surface area contributed by atoms with Crippen LogP contribution in [0.2, 0.25) is 0 Å². The number of hydrogen-bond acceptors (Lipinski definition) is 9. The number of ether oxygens (including phenoxy) is 3. The lowest BCUT2D eigenvalue weighted by Gasteiger charge is -2.24. The minimum Gasteiger partial charge on any atom is -0.490 e. The van der Waals surface area contributed by atoms with Gasteiger partial charge in [-0.15, -0.1) is 0 Å². The molecular formula is C17H20N4O6. The summed E-state index contributed by atoms with van der Waals surface area (Å²) in [6.45, 7) is 0.376. The highest BCUT2D eigenvalue weighted by atomic mass is 16.5. The quantitative estimate of drug-likeness (QED) is 0.487. The molecule has 10 heteroatoms. The zero-order chi connectivity index (χ0) is 19.0. The van der Waals surface area contributed by atoms with E-state index in [1.54, 1.807) is 18.2 Å². The maximum absolute atomic E-state index is 12.4. The molecule has 1 aromatic carbocycles. The number of rotatable bonds is 5. The smallest absolute Gasteiger partial charge is 0.351 e. The van der Waals surface area contributed by atoms with Gasteiger partial charge in [-0.2, -0.15) is 4.98 Å². The molecule has 0 spiro atoms. The topological polar surface area (TPSA) is 141 Å². The second-order valence-electron chi connectivity index (χ2n) is 6.25. The number of aliphatic hydroxyl groups is 2. The van der Waals surface area contributed by atoms with Crippen LogP contribution in [-0.2, 0) is 4.74 Å². The maximum Gasteiger partial charge on any atom is 0.351 e. The molecule has 0 amide bonds. The van der Waals surface area contributed by atoms with Crippen molar-refractivity contribution in [1.82, 2.24) is 9.55 Å². The zero-order valence-electron chi connectivity index (χ0n) is 14.4. The number of para-hydroxylation sites is 1. The van der Waals surface area contributed by atoms with Crippen molar-refractivity contribution in [3.63, 3.8) is 0 Å². The molecule has 5 N–H and O–H groups in total. The van der Waals surface area contributed by atoms with E-state index in [-0.39, 0.29) is 18.8 Å². The number of nitrogens with zero attached hydrogens (tertiary/aromatic N) is 2. The summed E-state index contributed by atoms with van der Waals surface area (Å²) >= 11 is 0. The van der Waals surface area contributed by atoms with Crippen LogP contribution in [0.1, 0.15) is 12.6 Å². The Kier molecular flexibility index (Phi) is 4.70. The Balaban J connectivity index is 1.64. The van der Waals surface area contributed by atoms with Crippen LogP contribution in [0.15, 0.2) is 29.2 Å². The predicted octanol–water partition coefficient (Wildman–Crippen LogP) is 0.0708. The van der Waals surface area contributed by atoms with E-state index in [9.17, 15) is 15.0 Å². The molecule has 2 aromatic rings. The number of aliphatic hydroxyl groups excluding tert-OH is 2. The van der Waals surface area contributed by atoms with Gasteiger partial charge in [0.1, 0.15) is 30.4 Å². The van der Waals surface area contributed by atoms with E-state index in [2.05, 4.69) is 10.3 Å². The standard InChI is InChI=1S/C17H20N4O6/c18-4-5-25-10-2-1-3-11-15(10)19-16-12(26-11)7-21(17(24)20-16)14-6-9(23)13(8-22)27-14/h1-3,7,9,13-14,22-23H,4-6,8,18H2,(H,19,20,24). The molecule has 0 saturated carbocycles. The van der Waals surface area contributed by atoms with Gasteiger partial charge in [-0.25, -0.2) is 4.79 Å². The summed E-state index contributed by atoms with van der Waals surface area (Å²) < 4.78 is 18.2. The first kappa shape index (κ1) is 17.7. The van der Waals surface area contributed by atoms with Gasteiger partial charge >= 0.3 is 5.69 Å². The molecule has 27 heavy (non-hydrogen) atoms. The van der Waals surface area contributed by atoms with E-state index >= 15 is 0 Å². The number of aromatic nitrogens is 2. The van der Waals surface area contributed by atoms with Crippen LogP contribution in [0.5, 0.6) is 17.2 Å². The summed E-state index contributed by atoms with van der Waals surface area (Å²) in [6, 6.07) is 5.30. The molecule has 2 aliphatic heterocycles. The van der Waals surface area contributed by atoms with Gasteiger partial charge in [0.2, 0.25) is 0 Å². The van der Waals surface area contributed by atoms with Crippen LogP contribution < -0.4 is 26.2 Å². The van der Waals surface area contributed by atoms with Crippen LogP contribution in [0.4, 0.5) is 11.5 Å². The lowest BCUT2D eigenvalue weighted by Crippen LogP contribution is -2.29. The summed E-state index contributed by atoms with van der Waals surface area (Å²) in [4.78, 5) is 16.5. The molecule has 3 unspecified atom stereocenters. The van der Waals surface area contributed by atoms with E-state index in [0.29, 0.717) is 36.1 Å². The molecule has 2 aliphatic rings. The molecule has 3 atom stereocenters. The fourth-order valence-electron chi connectivity index (χ4n) is 3.12. The van der Waals surface area contributed by atoms with Crippen molar-refractivity contribution in [2.24, 2.45) is 5.73 Å². The van der Waals surface area contributed by atoms with Crippen LogP contribution in [0.3, 0.4) is 0 Å². The molecular weight excluding hydrogens is 356 g/mol. The Morgan fingerprint density at radius 3 is 3.00 bits per heavy atom. The molecule has 3 heterocycles. The first-order chi connectivity index (χ1) is 13.1. The van der Waals surface area contributed by atoms with E-state index < -0.39 is 24.1 Å². The average molecular weight is 376 g/mol. The molecule has 4 rings (SSSR count). The largest absolute Gasteiger partial charge is 0.490 e. The number of anilines is 2. The first-order valence-corrected chi connectivity index (χ1v) is 8.59. The summed E-state index contributed by atoms with van der Waals surface area (Å²) in [5.74, 6) is 1.65. The van der Waals surface area contributed by atoms with E-state index in [0.717, 1.165) is 0 Å². The number of nitrogens with two attached hydrogens (primary N) is 1. The van der Waals surface area contributed by atoms with Crippen LogP contribution in [0.25, 0.3) is 0 Å². The van der Waals surface area contributed by atoms with Gasteiger partial charge in [-0.3, -0.25) is 4.57 Å². The molecule has 10 nitrogen and oxygen atoms in total. The highest BCUT2D eigenvalue weighted by molar-refractivity contribution is 5.77. The molecule has 1 aromatic heterocycles. The number of fused-ring (bicyclic) bond motifs is 2. The monoisotopic (exact) mass is 376 g/mol. The number of benzene rings is 1. The SMILES string of the molecule is NCCOc1cccc2c1Nc1nc(=O)n(C3CC(O)C(CO)O3)cc1O2. The van der Waals surface area contributed by atoms with Crippen molar-refractivity contribution in [2.75, 3.05) is 25.1 Å². The summed E-state index contributed by atoms with van der Waals surface area (Å²) in [7, 11) is 0. The fourth-order valence-corrected chi connectivity index (χ4v) is 3.12. The van der Waals surface area contributed by atoms with E-state index in [1.165, 1.54) is 10.8 Å². The summed E-state index contributed by atoms with van der Waals surface area (Å²) in [5.41, 5.74) is 5.48. The van der Waals surface area contributed by atoms with Crippen molar-refractivity contribution in [2.45, 2.75) is 24.9 Å². The van der Waals surface area contributed by atoms with Crippen molar-refractivity contribution in [3.8, 4) is 17.2 Å². The first-order valence-electron chi connectivity index (χ1n) is 8.59. The van der Waals surface area contributed by atoms with Gasteiger partial charge in [-0.05, 0) is 12.1 Å². The van der Waals surface area contributed by atoms with Crippen molar-refractivity contribution >= 4 is 11.5 Å². The Hall–Kier alpha value is -2.66. The van der Waals surface area contributed by atoms with E-state index in [4.69, 9.17) is 19.9 Å². The van der Waals surface area contributed by atoms with Crippen LogP contribution >= 0.6 is 0 Å². The second-order valence-corrected chi connectivity index (χ2v) is 6.25. The van der Waals surface area contributed by atoms with Gasteiger partial charge < -0.3 is 35.5 Å². The van der Waals surface area contributed by atoms with Gasteiger partial charge in [0.15, 0.2) is 17.3 Å². The van der Waals surface area contributed by atoms with Gasteiger partial charge in [0.05, 0.1) is 18.9 Å². The fraction of sp³-hybridized carbons (Fsp3) is 0.412. The molecule has 1 fully saturated rings. The van der Waals surface area contributed by atoms with Crippen molar-refractivity contribution in [3.05, 3.63) is 34.9 Å². The molecule has 0 radical (unpaired) electrons. The maximum atomic E-state index is 12.4. The normalized spacial score (nSPS) is 23.1. The summed E-state index contributed by atoms with van der Waals surface area (Å²) in [5, 5.41) is 22.2. The van der Waals surface area contributed by atoms with Crippen LogP contribution in [-0.4, -0.2) is 51.7 Å². The number of nitrogens with one attached hydrogen (secondary N) is 1. The highest BCUT2D eigenvalue weighted by Gasteiger charge is 2.36. The third-order valence-electron chi connectivity index (χ3n) is 4.44. The molecule has 0 bridgehead atoms. The lowest BCUT2D eigenvalue weighted by atomic mass is 10.2. The Labute approximate surface area is 154 Å². The van der Waals surface area contributed by atoms with E-state index in [1.807, 2.05) is 0 Å². The number of hydrogen-bond donors (Lipinski definition) is 4. The van der Waals surface area contributed by atoms with Gasteiger partial charge in [-0.1, -0.05) is 6.07 Å². The van der Waals surface area contributed by atoms with Gasteiger partial charge in [0.25, 0.3) is 0 Å². The highest BCUT2D eigenvalue weighted by Crippen LogP contribution is 2.45.